The van der Waals surface area contributed by atoms with E-state index in [1.54, 1.807) is 0 Å². The topological polar surface area (TPSA) is 27.7 Å². The summed E-state index contributed by atoms with van der Waals surface area (Å²) in [5, 5.41) is 2.38. The first-order chi connectivity index (χ1) is 9.74. The summed E-state index contributed by atoms with van der Waals surface area (Å²) in [5.74, 6) is 1.09. The molecule has 1 unspecified atom stereocenters. The molecule has 1 aromatic carbocycles. The van der Waals surface area contributed by atoms with Crippen LogP contribution in [0.3, 0.4) is 0 Å². The lowest BCUT2D eigenvalue weighted by atomic mass is 10.0. The van der Waals surface area contributed by atoms with Crippen LogP contribution in [0, 0.1) is 6.92 Å². The molecule has 1 aromatic rings. The Balaban J connectivity index is 1.75. The highest BCUT2D eigenvalue weighted by atomic mass is 16.5. The second-order valence-corrected chi connectivity index (χ2v) is 5.96. The van der Waals surface area contributed by atoms with Crippen LogP contribution < -0.4 is 10.2 Å². The number of para-hydroxylation sites is 1. The maximum atomic E-state index is 5.95. The SMILES string of the molecule is Cc1cccc2c1OCCCC2NN1CCN(C)CC1. The molecule has 110 valence electrons. The molecule has 1 atom stereocenters. The summed E-state index contributed by atoms with van der Waals surface area (Å²) in [7, 11) is 2.19. The van der Waals surface area contributed by atoms with Crippen molar-refractivity contribution in [1.82, 2.24) is 15.3 Å². The van der Waals surface area contributed by atoms with Gasteiger partial charge in [0, 0.05) is 31.7 Å². The fourth-order valence-corrected chi connectivity index (χ4v) is 3.05. The van der Waals surface area contributed by atoms with E-state index in [2.05, 4.69) is 47.5 Å². The summed E-state index contributed by atoms with van der Waals surface area (Å²) in [6.07, 6.45) is 2.25. The molecule has 1 fully saturated rings. The van der Waals surface area contributed by atoms with E-state index in [9.17, 15) is 0 Å². The molecular formula is C16H25N3O. The van der Waals surface area contributed by atoms with Crippen molar-refractivity contribution >= 4 is 0 Å². The molecule has 2 aliphatic heterocycles. The Bertz CT molecular complexity index is 455. The van der Waals surface area contributed by atoms with Crippen molar-refractivity contribution in [2.45, 2.75) is 25.8 Å². The predicted octanol–water partition coefficient (Wildman–Crippen LogP) is 1.96. The van der Waals surface area contributed by atoms with Gasteiger partial charge in [-0.3, -0.25) is 0 Å². The van der Waals surface area contributed by atoms with Gasteiger partial charge >= 0.3 is 0 Å². The normalized spacial score (nSPS) is 24.8. The second kappa shape index (κ2) is 6.12. The Morgan fingerprint density at radius 3 is 2.80 bits per heavy atom. The number of fused-ring (bicyclic) bond motifs is 1. The summed E-state index contributed by atoms with van der Waals surface area (Å²) < 4.78 is 5.95. The molecule has 2 aliphatic rings. The second-order valence-electron chi connectivity index (χ2n) is 5.96. The van der Waals surface area contributed by atoms with Gasteiger partial charge in [0.15, 0.2) is 0 Å². The number of piperazine rings is 1. The minimum absolute atomic E-state index is 0.385. The fraction of sp³-hybridized carbons (Fsp3) is 0.625. The summed E-state index contributed by atoms with van der Waals surface area (Å²) in [4.78, 5) is 2.38. The van der Waals surface area contributed by atoms with Crippen molar-refractivity contribution in [2.75, 3.05) is 39.8 Å². The van der Waals surface area contributed by atoms with Gasteiger partial charge in [-0.1, -0.05) is 18.2 Å². The highest BCUT2D eigenvalue weighted by Gasteiger charge is 2.24. The third kappa shape index (κ3) is 2.97. The number of aryl methyl sites for hydroxylation is 1. The van der Waals surface area contributed by atoms with Crippen molar-refractivity contribution in [2.24, 2.45) is 0 Å². The van der Waals surface area contributed by atoms with Crippen LogP contribution in [-0.4, -0.2) is 49.7 Å². The van der Waals surface area contributed by atoms with E-state index in [0.29, 0.717) is 6.04 Å². The number of likely N-dealkylation sites (N-methyl/N-ethyl adjacent to an activating group) is 1. The first-order valence-corrected chi connectivity index (χ1v) is 7.66. The third-order valence-electron chi connectivity index (χ3n) is 4.34. The number of benzene rings is 1. The standard InChI is InChI=1S/C16H25N3O/c1-13-5-3-6-14-15(7-4-12-20-16(13)14)17-19-10-8-18(2)9-11-19/h3,5-6,15,17H,4,7-12H2,1-2H3. The van der Waals surface area contributed by atoms with Crippen LogP contribution in [0.4, 0.5) is 0 Å². The van der Waals surface area contributed by atoms with Crippen LogP contribution in [0.5, 0.6) is 5.75 Å². The van der Waals surface area contributed by atoms with Gasteiger partial charge in [-0.2, -0.15) is 0 Å². The number of hydrogen-bond acceptors (Lipinski definition) is 4. The monoisotopic (exact) mass is 275 g/mol. The lowest BCUT2D eigenvalue weighted by Gasteiger charge is -2.35. The molecule has 2 heterocycles. The molecule has 4 nitrogen and oxygen atoms in total. The Hall–Kier alpha value is -1.10. The van der Waals surface area contributed by atoms with E-state index >= 15 is 0 Å². The van der Waals surface area contributed by atoms with Crippen molar-refractivity contribution in [3.8, 4) is 5.75 Å². The van der Waals surface area contributed by atoms with Gasteiger partial charge in [0.1, 0.15) is 5.75 Å². The average molecular weight is 275 g/mol. The van der Waals surface area contributed by atoms with Crippen LogP contribution in [0.1, 0.15) is 30.0 Å². The van der Waals surface area contributed by atoms with E-state index in [-0.39, 0.29) is 0 Å². The minimum atomic E-state index is 0.385. The lowest BCUT2D eigenvalue weighted by Crippen LogP contribution is -2.51. The maximum absolute atomic E-state index is 5.95. The van der Waals surface area contributed by atoms with Gasteiger partial charge in [-0.25, -0.2) is 10.4 Å². The van der Waals surface area contributed by atoms with Crippen LogP contribution in [0.2, 0.25) is 0 Å². The molecule has 4 heteroatoms. The average Bonchev–Trinajstić information content (AvgIpc) is 2.65. The molecule has 0 amide bonds. The molecule has 0 aliphatic carbocycles. The van der Waals surface area contributed by atoms with Crippen molar-refractivity contribution in [1.29, 1.82) is 0 Å². The molecule has 0 spiro atoms. The Kier molecular flexibility index (Phi) is 4.24. The summed E-state index contributed by atoms with van der Waals surface area (Å²) >= 11 is 0. The van der Waals surface area contributed by atoms with Gasteiger partial charge in [-0.15, -0.1) is 0 Å². The van der Waals surface area contributed by atoms with Crippen molar-refractivity contribution in [3.05, 3.63) is 29.3 Å². The summed E-state index contributed by atoms with van der Waals surface area (Å²) in [6.45, 7) is 7.42. The molecule has 0 saturated carbocycles. The van der Waals surface area contributed by atoms with Gasteiger partial charge in [0.2, 0.25) is 0 Å². The Morgan fingerprint density at radius 2 is 2.00 bits per heavy atom. The highest BCUT2D eigenvalue weighted by molar-refractivity contribution is 5.43. The van der Waals surface area contributed by atoms with Crippen LogP contribution in [-0.2, 0) is 0 Å². The van der Waals surface area contributed by atoms with E-state index in [0.717, 1.165) is 51.4 Å². The lowest BCUT2D eigenvalue weighted by molar-refractivity contribution is 0.0848. The zero-order chi connectivity index (χ0) is 13.9. The number of hydrogen-bond donors (Lipinski definition) is 1. The molecule has 20 heavy (non-hydrogen) atoms. The molecular weight excluding hydrogens is 250 g/mol. The number of nitrogens with zero attached hydrogens (tertiary/aromatic N) is 2. The molecule has 0 radical (unpaired) electrons. The van der Waals surface area contributed by atoms with E-state index in [4.69, 9.17) is 4.74 Å². The number of ether oxygens (including phenoxy) is 1. The highest BCUT2D eigenvalue weighted by Crippen LogP contribution is 2.34. The van der Waals surface area contributed by atoms with Gasteiger partial charge in [0.25, 0.3) is 0 Å². The molecule has 3 rings (SSSR count). The molecule has 0 aromatic heterocycles. The predicted molar refractivity (Wildman–Crippen MR) is 80.9 cm³/mol. The Labute approximate surface area is 121 Å². The van der Waals surface area contributed by atoms with Crippen molar-refractivity contribution < 1.29 is 4.74 Å². The number of rotatable bonds is 2. The van der Waals surface area contributed by atoms with E-state index in [1.165, 1.54) is 11.1 Å². The molecule has 1 N–H and O–H groups in total. The molecule has 1 saturated heterocycles. The van der Waals surface area contributed by atoms with Crippen LogP contribution in [0.15, 0.2) is 18.2 Å². The smallest absolute Gasteiger partial charge is 0.127 e. The molecule has 0 bridgehead atoms. The van der Waals surface area contributed by atoms with Crippen LogP contribution in [0.25, 0.3) is 0 Å². The largest absolute Gasteiger partial charge is 0.493 e. The van der Waals surface area contributed by atoms with Gasteiger partial charge < -0.3 is 9.64 Å². The maximum Gasteiger partial charge on any atom is 0.127 e. The summed E-state index contributed by atoms with van der Waals surface area (Å²) in [6, 6.07) is 6.87. The van der Waals surface area contributed by atoms with Gasteiger partial charge in [0.05, 0.1) is 12.6 Å². The van der Waals surface area contributed by atoms with E-state index in [1.807, 2.05) is 0 Å². The third-order valence-corrected chi connectivity index (χ3v) is 4.34. The Morgan fingerprint density at radius 1 is 1.20 bits per heavy atom. The minimum Gasteiger partial charge on any atom is -0.493 e. The van der Waals surface area contributed by atoms with Crippen molar-refractivity contribution in [3.63, 3.8) is 0 Å². The zero-order valence-corrected chi connectivity index (χ0v) is 12.6. The number of nitrogens with one attached hydrogen (secondary N) is 1. The quantitative estimate of drug-likeness (QED) is 0.893. The number of hydrazine groups is 1. The summed E-state index contributed by atoms with van der Waals surface area (Å²) in [5.41, 5.74) is 6.29. The van der Waals surface area contributed by atoms with Crippen LogP contribution >= 0.6 is 0 Å². The van der Waals surface area contributed by atoms with Gasteiger partial charge in [-0.05, 0) is 32.4 Å². The zero-order valence-electron chi connectivity index (χ0n) is 12.6. The first kappa shape index (κ1) is 13.9. The van der Waals surface area contributed by atoms with E-state index < -0.39 is 0 Å². The fourth-order valence-electron chi connectivity index (χ4n) is 3.05. The first-order valence-electron chi connectivity index (χ1n) is 7.66.